The Bertz CT molecular complexity index is 289. The quantitative estimate of drug-likeness (QED) is 0.736. The molecule has 92 valence electrons. The van der Waals surface area contributed by atoms with Gasteiger partial charge in [-0.3, -0.25) is 9.59 Å². The second-order valence-electron chi connectivity index (χ2n) is 4.59. The highest BCUT2D eigenvalue weighted by molar-refractivity contribution is 8.48. The van der Waals surface area contributed by atoms with Crippen molar-refractivity contribution in [2.45, 2.75) is 51.0 Å². The Kier molecular flexibility index (Phi) is 5.69. The molecule has 5 heteroatoms. The first-order valence-corrected chi connectivity index (χ1v) is 6.97. The molecule has 0 saturated carbocycles. The summed E-state index contributed by atoms with van der Waals surface area (Å²) >= 11 is 7.90. The smallest absolute Gasteiger partial charge is 0.145 e. The van der Waals surface area contributed by atoms with Gasteiger partial charge in [0, 0.05) is 0 Å². The van der Waals surface area contributed by atoms with E-state index in [2.05, 4.69) is 0 Å². The summed E-state index contributed by atoms with van der Waals surface area (Å²) in [5, 5.41) is 0. The lowest BCUT2D eigenvalue weighted by Crippen LogP contribution is -2.29. The van der Waals surface area contributed by atoms with Crippen LogP contribution in [0.2, 0.25) is 0 Å². The molecule has 16 heavy (non-hydrogen) atoms. The van der Waals surface area contributed by atoms with E-state index >= 15 is 0 Å². The van der Waals surface area contributed by atoms with E-state index in [-0.39, 0.29) is 11.6 Å². The fourth-order valence-electron chi connectivity index (χ4n) is 0.581. The molecule has 0 fully saturated rings. The summed E-state index contributed by atoms with van der Waals surface area (Å²) < 4.78 is -0.395. The van der Waals surface area contributed by atoms with E-state index in [1.807, 2.05) is 27.7 Å². The van der Waals surface area contributed by atoms with Crippen LogP contribution in [0.4, 0.5) is 0 Å². The summed E-state index contributed by atoms with van der Waals surface area (Å²) in [6.07, 6.45) is 0. The fourth-order valence-corrected chi connectivity index (χ4v) is 4.37. The zero-order valence-electron chi connectivity index (χ0n) is 10.5. The zero-order chi connectivity index (χ0) is 13.1. The van der Waals surface area contributed by atoms with Crippen molar-refractivity contribution < 1.29 is 9.59 Å². The Hall–Kier alpha value is 0.130. The van der Waals surface area contributed by atoms with E-state index in [0.29, 0.717) is 3.53 Å². The molecular weight excluding hydrogens is 260 g/mol. The van der Waals surface area contributed by atoms with E-state index in [1.165, 1.54) is 23.5 Å². The Morgan fingerprint density at radius 3 is 1.31 bits per heavy atom. The van der Waals surface area contributed by atoms with Gasteiger partial charge < -0.3 is 0 Å². The molecule has 0 aromatic rings. The second-order valence-corrected chi connectivity index (χ2v) is 9.04. The van der Waals surface area contributed by atoms with Gasteiger partial charge >= 0.3 is 0 Å². The number of hydrogen-bond donors (Lipinski definition) is 0. The van der Waals surface area contributed by atoms with Crippen LogP contribution in [0.1, 0.15) is 41.5 Å². The molecule has 0 saturated heterocycles. The highest BCUT2D eigenvalue weighted by Crippen LogP contribution is 2.37. The lowest BCUT2D eigenvalue weighted by Gasteiger charge is -2.25. The van der Waals surface area contributed by atoms with Crippen molar-refractivity contribution in [3.8, 4) is 0 Å². The van der Waals surface area contributed by atoms with Crippen LogP contribution in [-0.2, 0) is 9.59 Å². The molecule has 0 aliphatic carbocycles. The molecule has 0 aliphatic heterocycles. The number of thioether (sulfide) groups is 2. The molecule has 0 aromatic heterocycles. The van der Waals surface area contributed by atoms with E-state index in [1.54, 1.807) is 13.8 Å². The van der Waals surface area contributed by atoms with Gasteiger partial charge in [0.2, 0.25) is 0 Å². The van der Waals surface area contributed by atoms with E-state index < -0.39 is 9.49 Å². The van der Waals surface area contributed by atoms with Gasteiger partial charge in [0.05, 0.1) is 9.49 Å². The van der Waals surface area contributed by atoms with Gasteiger partial charge in [0.25, 0.3) is 0 Å². The summed E-state index contributed by atoms with van der Waals surface area (Å²) in [5.74, 6) is 0.169. The minimum absolute atomic E-state index is 0.0843. The topological polar surface area (TPSA) is 34.1 Å². The van der Waals surface area contributed by atoms with Crippen LogP contribution in [0.5, 0.6) is 0 Å². The second kappa shape index (κ2) is 5.65. The summed E-state index contributed by atoms with van der Waals surface area (Å²) in [7, 11) is 0. The van der Waals surface area contributed by atoms with Gasteiger partial charge in [-0.15, -0.1) is 0 Å². The van der Waals surface area contributed by atoms with Crippen LogP contribution >= 0.6 is 35.7 Å². The van der Waals surface area contributed by atoms with Gasteiger partial charge in [-0.2, -0.15) is 0 Å². The molecule has 0 aromatic carbocycles. The van der Waals surface area contributed by atoms with Crippen molar-refractivity contribution in [3.63, 3.8) is 0 Å². The maximum Gasteiger partial charge on any atom is 0.145 e. The molecule has 0 unspecified atom stereocenters. The maximum atomic E-state index is 11.3. The Labute approximate surface area is 111 Å². The van der Waals surface area contributed by atoms with Gasteiger partial charge in [-0.25, -0.2) is 0 Å². The lowest BCUT2D eigenvalue weighted by molar-refractivity contribution is -0.119. The summed E-state index contributed by atoms with van der Waals surface area (Å²) in [5.41, 5.74) is 0. The molecule has 0 bridgehead atoms. The standard InChI is InChI=1S/C11H18O2S3/c1-7(12)10(3,4)15-9(14)16-11(5,6)8(2)13/h1-6H3. The third-order valence-corrected chi connectivity index (χ3v) is 5.30. The van der Waals surface area contributed by atoms with Gasteiger partial charge in [-0.05, 0) is 41.5 Å². The number of ketones is 2. The molecule has 0 heterocycles. The average Bonchev–Trinajstić information content (AvgIpc) is 2.00. The maximum absolute atomic E-state index is 11.3. The van der Waals surface area contributed by atoms with Crippen LogP contribution in [0.15, 0.2) is 0 Å². The van der Waals surface area contributed by atoms with Crippen LogP contribution in [0.3, 0.4) is 0 Å². The van der Waals surface area contributed by atoms with Crippen LogP contribution in [0, 0.1) is 0 Å². The summed E-state index contributed by atoms with van der Waals surface area (Å²) in [6, 6.07) is 0. The highest BCUT2D eigenvalue weighted by atomic mass is 32.2. The fraction of sp³-hybridized carbons (Fsp3) is 0.727. The van der Waals surface area contributed by atoms with E-state index in [0.717, 1.165) is 0 Å². The SMILES string of the molecule is CC(=O)C(C)(C)SC(=S)SC(C)(C)C(C)=O. The number of thiocarbonyl (C=S) groups is 1. The molecule has 0 amide bonds. The molecule has 2 nitrogen and oxygen atoms in total. The Morgan fingerprint density at radius 1 is 0.875 bits per heavy atom. The molecule has 0 rings (SSSR count). The zero-order valence-corrected chi connectivity index (χ0v) is 13.0. The molecular formula is C11H18O2S3. The number of carbonyl (C=O) groups is 2. The van der Waals surface area contributed by atoms with Crippen LogP contribution in [-0.4, -0.2) is 24.6 Å². The predicted octanol–water partition coefficient (Wildman–Crippen LogP) is 3.47. The Balaban J connectivity index is 4.52. The predicted molar refractivity (Wildman–Crippen MR) is 77.3 cm³/mol. The first kappa shape index (κ1) is 16.1. The number of rotatable bonds is 4. The van der Waals surface area contributed by atoms with E-state index in [4.69, 9.17) is 12.2 Å². The Morgan fingerprint density at radius 2 is 1.12 bits per heavy atom. The monoisotopic (exact) mass is 278 g/mol. The van der Waals surface area contributed by atoms with Crippen molar-refractivity contribution in [1.82, 2.24) is 0 Å². The lowest BCUT2D eigenvalue weighted by atomic mass is 10.1. The third-order valence-electron chi connectivity index (χ3n) is 2.37. The molecule has 0 spiro atoms. The minimum Gasteiger partial charge on any atom is -0.298 e. The number of Topliss-reactive ketones (excluding diaryl/α,β-unsaturated/α-hetero) is 2. The third kappa shape index (κ3) is 4.97. The molecule has 0 N–H and O–H groups in total. The van der Waals surface area contributed by atoms with Crippen molar-refractivity contribution in [1.29, 1.82) is 0 Å². The number of carbonyl (C=O) groups excluding carboxylic acids is 2. The highest BCUT2D eigenvalue weighted by Gasteiger charge is 2.31. The van der Waals surface area contributed by atoms with Crippen molar-refractivity contribution in [3.05, 3.63) is 0 Å². The molecule has 0 radical (unpaired) electrons. The van der Waals surface area contributed by atoms with Gasteiger partial charge in [0.15, 0.2) is 0 Å². The summed E-state index contributed by atoms with van der Waals surface area (Å²) in [6.45, 7) is 10.5. The normalized spacial score (nSPS) is 12.4. The first-order chi connectivity index (χ1) is 6.99. The minimum atomic E-state index is -0.517. The largest absolute Gasteiger partial charge is 0.298 e. The van der Waals surface area contributed by atoms with Crippen LogP contribution < -0.4 is 0 Å². The van der Waals surface area contributed by atoms with Crippen molar-refractivity contribution in [2.75, 3.05) is 0 Å². The van der Waals surface area contributed by atoms with E-state index in [9.17, 15) is 9.59 Å². The van der Waals surface area contributed by atoms with Crippen molar-refractivity contribution >= 4 is 50.8 Å². The van der Waals surface area contributed by atoms with Crippen LogP contribution in [0.25, 0.3) is 0 Å². The summed E-state index contributed by atoms with van der Waals surface area (Å²) in [4.78, 5) is 22.7. The molecule has 0 aliphatic rings. The van der Waals surface area contributed by atoms with Gasteiger partial charge in [-0.1, -0.05) is 35.7 Å². The number of hydrogen-bond acceptors (Lipinski definition) is 5. The van der Waals surface area contributed by atoms with Crippen molar-refractivity contribution in [2.24, 2.45) is 0 Å². The first-order valence-electron chi connectivity index (χ1n) is 4.93. The van der Waals surface area contributed by atoms with Gasteiger partial charge in [0.1, 0.15) is 15.1 Å². The molecule has 0 atom stereocenters. The average molecular weight is 278 g/mol.